The van der Waals surface area contributed by atoms with Gasteiger partial charge in [-0.25, -0.2) is 0 Å². The second-order valence-corrected chi connectivity index (χ2v) is 7.60. The van der Waals surface area contributed by atoms with Crippen molar-refractivity contribution in [2.45, 2.75) is 19.3 Å². The molecule has 1 heterocycles. The van der Waals surface area contributed by atoms with Crippen molar-refractivity contribution in [2.75, 3.05) is 13.1 Å². The summed E-state index contributed by atoms with van der Waals surface area (Å²) in [6.45, 7) is 2.42. The lowest BCUT2D eigenvalue weighted by Gasteiger charge is -2.15. The van der Waals surface area contributed by atoms with E-state index in [0.717, 1.165) is 22.9 Å². The van der Waals surface area contributed by atoms with Crippen LogP contribution in [-0.2, 0) is 9.59 Å². The summed E-state index contributed by atoms with van der Waals surface area (Å²) in [7, 11) is 0. The van der Waals surface area contributed by atoms with Gasteiger partial charge >= 0.3 is 0 Å². The van der Waals surface area contributed by atoms with Crippen molar-refractivity contribution in [1.29, 1.82) is 0 Å². The molecule has 0 unspecified atom stereocenters. The first-order valence-corrected chi connectivity index (χ1v) is 9.98. The zero-order valence-electron chi connectivity index (χ0n) is 15.6. The summed E-state index contributed by atoms with van der Waals surface area (Å²) < 4.78 is 0. The third-order valence-corrected chi connectivity index (χ3v) is 5.40. The van der Waals surface area contributed by atoms with E-state index in [2.05, 4.69) is 5.32 Å². The minimum atomic E-state index is -0.314. The van der Waals surface area contributed by atoms with Crippen LogP contribution < -0.4 is 5.32 Å². The number of nitrogens with zero attached hydrogens (tertiary/aromatic N) is 1. The van der Waals surface area contributed by atoms with E-state index in [4.69, 9.17) is 0 Å². The number of nitrogens with one attached hydrogen (secondary N) is 1. The van der Waals surface area contributed by atoms with Crippen LogP contribution in [0.25, 0.3) is 6.08 Å². The molecule has 3 amide bonds. The van der Waals surface area contributed by atoms with Crippen LogP contribution in [0, 0.1) is 0 Å². The SMILES string of the molecule is C[C@@H](CC(=O)NCCN1C(=O)S/C(=C\c2ccccc2)C1=O)c1ccccc1. The maximum atomic E-state index is 12.5. The average Bonchev–Trinajstić information content (AvgIpc) is 2.96. The van der Waals surface area contributed by atoms with Gasteiger partial charge in [0.1, 0.15) is 0 Å². The van der Waals surface area contributed by atoms with Gasteiger partial charge in [0.15, 0.2) is 0 Å². The second-order valence-electron chi connectivity index (χ2n) is 6.61. The first-order chi connectivity index (χ1) is 13.5. The Labute approximate surface area is 168 Å². The molecule has 0 spiro atoms. The molecule has 5 nitrogen and oxygen atoms in total. The number of rotatable bonds is 7. The first-order valence-electron chi connectivity index (χ1n) is 9.16. The van der Waals surface area contributed by atoms with Crippen molar-refractivity contribution >= 4 is 34.9 Å². The topological polar surface area (TPSA) is 66.5 Å². The zero-order chi connectivity index (χ0) is 19.9. The predicted molar refractivity (Wildman–Crippen MR) is 112 cm³/mol. The summed E-state index contributed by atoms with van der Waals surface area (Å²) in [4.78, 5) is 38.3. The van der Waals surface area contributed by atoms with Gasteiger partial charge in [-0.05, 0) is 34.9 Å². The number of hydrogen-bond acceptors (Lipinski definition) is 4. The van der Waals surface area contributed by atoms with E-state index < -0.39 is 0 Å². The molecule has 1 atom stereocenters. The van der Waals surface area contributed by atoms with Crippen molar-refractivity contribution in [2.24, 2.45) is 0 Å². The molecule has 6 heteroatoms. The van der Waals surface area contributed by atoms with E-state index in [1.54, 1.807) is 6.08 Å². The van der Waals surface area contributed by atoms with Crippen molar-refractivity contribution in [1.82, 2.24) is 10.2 Å². The smallest absolute Gasteiger partial charge is 0.293 e. The summed E-state index contributed by atoms with van der Waals surface area (Å²) in [6.07, 6.45) is 2.07. The molecule has 28 heavy (non-hydrogen) atoms. The second kappa shape index (κ2) is 9.37. The maximum Gasteiger partial charge on any atom is 0.293 e. The average molecular weight is 394 g/mol. The standard InChI is InChI=1S/C22H22N2O3S/c1-16(18-10-6-3-7-11-18)14-20(25)23-12-13-24-21(26)19(28-22(24)27)15-17-8-4-2-5-9-17/h2-11,15-16H,12-14H2,1H3,(H,23,25)/b19-15-/t16-/m0/s1. The minimum absolute atomic E-state index is 0.0943. The molecule has 0 aliphatic carbocycles. The molecule has 1 N–H and O–H groups in total. The molecule has 1 saturated heterocycles. The molecular formula is C22H22N2O3S. The Bertz CT molecular complexity index is 881. The number of carbonyl (C=O) groups is 3. The molecule has 0 bridgehead atoms. The molecule has 2 aromatic rings. The largest absolute Gasteiger partial charge is 0.354 e. The number of amides is 3. The molecule has 0 saturated carbocycles. The summed E-state index contributed by atoms with van der Waals surface area (Å²) in [5.41, 5.74) is 1.98. The van der Waals surface area contributed by atoms with Crippen LogP contribution in [0.3, 0.4) is 0 Å². The summed E-state index contributed by atoms with van der Waals surface area (Å²) >= 11 is 0.929. The fraction of sp³-hybridized carbons (Fsp3) is 0.227. The first kappa shape index (κ1) is 19.9. The van der Waals surface area contributed by atoms with E-state index in [1.807, 2.05) is 67.6 Å². The van der Waals surface area contributed by atoms with Gasteiger partial charge in [0, 0.05) is 19.5 Å². The van der Waals surface area contributed by atoms with Crippen molar-refractivity contribution in [3.63, 3.8) is 0 Å². The lowest BCUT2D eigenvalue weighted by Crippen LogP contribution is -2.37. The van der Waals surface area contributed by atoms with Crippen molar-refractivity contribution in [3.05, 3.63) is 76.7 Å². The third-order valence-electron chi connectivity index (χ3n) is 4.49. The minimum Gasteiger partial charge on any atom is -0.354 e. The monoisotopic (exact) mass is 394 g/mol. The van der Waals surface area contributed by atoms with Gasteiger partial charge in [-0.1, -0.05) is 67.6 Å². The van der Waals surface area contributed by atoms with Crippen LogP contribution in [0.2, 0.25) is 0 Å². The summed E-state index contributed by atoms with van der Waals surface area (Å²) in [5, 5.41) is 2.50. The molecular weight excluding hydrogens is 372 g/mol. The summed E-state index contributed by atoms with van der Waals surface area (Å²) in [6, 6.07) is 19.2. The quantitative estimate of drug-likeness (QED) is 0.720. The Morgan fingerprint density at radius 1 is 1.07 bits per heavy atom. The van der Waals surface area contributed by atoms with Gasteiger partial charge in [0.2, 0.25) is 5.91 Å². The molecule has 2 aromatic carbocycles. The van der Waals surface area contributed by atoms with Gasteiger partial charge in [-0.3, -0.25) is 19.3 Å². The fourth-order valence-corrected chi connectivity index (χ4v) is 3.82. The third kappa shape index (κ3) is 5.10. The maximum absolute atomic E-state index is 12.5. The van der Waals surface area contributed by atoms with Crippen LogP contribution in [0.15, 0.2) is 65.6 Å². The van der Waals surface area contributed by atoms with Crippen molar-refractivity contribution in [3.8, 4) is 0 Å². The molecule has 1 aliphatic heterocycles. The molecule has 1 aliphatic rings. The molecule has 0 radical (unpaired) electrons. The van der Waals surface area contributed by atoms with Crippen LogP contribution in [0.1, 0.15) is 30.4 Å². The lowest BCUT2D eigenvalue weighted by molar-refractivity contribution is -0.124. The van der Waals surface area contributed by atoms with E-state index in [1.165, 1.54) is 4.90 Å². The van der Waals surface area contributed by atoms with E-state index in [0.29, 0.717) is 11.3 Å². The van der Waals surface area contributed by atoms with Gasteiger partial charge in [0.05, 0.1) is 4.91 Å². The highest BCUT2D eigenvalue weighted by Gasteiger charge is 2.34. The molecule has 3 rings (SSSR count). The van der Waals surface area contributed by atoms with Crippen molar-refractivity contribution < 1.29 is 14.4 Å². The number of carbonyl (C=O) groups excluding carboxylic acids is 3. The van der Waals surface area contributed by atoms with Gasteiger partial charge in [-0.2, -0.15) is 0 Å². The van der Waals surface area contributed by atoms with Crippen LogP contribution in [0.4, 0.5) is 4.79 Å². The predicted octanol–water partition coefficient (Wildman–Crippen LogP) is 4.03. The van der Waals surface area contributed by atoms with Gasteiger partial charge in [0.25, 0.3) is 11.1 Å². The normalized spacial score (nSPS) is 16.5. The Morgan fingerprint density at radius 3 is 2.39 bits per heavy atom. The Kier molecular flexibility index (Phi) is 6.66. The van der Waals surface area contributed by atoms with E-state index >= 15 is 0 Å². The van der Waals surface area contributed by atoms with E-state index in [9.17, 15) is 14.4 Å². The number of imide groups is 1. The molecule has 144 valence electrons. The van der Waals surface area contributed by atoms with Crippen LogP contribution in [-0.4, -0.2) is 35.0 Å². The van der Waals surface area contributed by atoms with Gasteiger partial charge in [-0.15, -0.1) is 0 Å². The highest BCUT2D eigenvalue weighted by atomic mass is 32.2. The van der Waals surface area contributed by atoms with Crippen LogP contribution in [0.5, 0.6) is 0 Å². The van der Waals surface area contributed by atoms with E-state index in [-0.39, 0.29) is 36.1 Å². The number of thioether (sulfide) groups is 1. The fourth-order valence-electron chi connectivity index (χ4n) is 2.95. The zero-order valence-corrected chi connectivity index (χ0v) is 16.4. The Morgan fingerprint density at radius 2 is 1.71 bits per heavy atom. The Balaban J connectivity index is 1.49. The number of benzene rings is 2. The lowest BCUT2D eigenvalue weighted by atomic mass is 9.98. The molecule has 1 fully saturated rings. The van der Waals surface area contributed by atoms with Crippen LogP contribution >= 0.6 is 11.8 Å². The summed E-state index contributed by atoms with van der Waals surface area (Å²) in [5.74, 6) is -0.305. The number of hydrogen-bond donors (Lipinski definition) is 1. The highest BCUT2D eigenvalue weighted by Crippen LogP contribution is 2.31. The highest BCUT2D eigenvalue weighted by molar-refractivity contribution is 8.18. The Hall–Kier alpha value is -2.86. The van der Waals surface area contributed by atoms with Gasteiger partial charge < -0.3 is 5.32 Å². The molecule has 0 aromatic heterocycles.